The first-order chi connectivity index (χ1) is 15.0. The number of benzene rings is 2. The minimum Gasteiger partial charge on any atom is -0.507 e. The minimum absolute atomic E-state index is 0.259. The number of aliphatic hydroxyl groups excluding tert-OH is 1. The Morgan fingerprint density at radius 1 is 1.00 bits per heavy atom. The summed E-state index contributed by atoms with van der Waals surface area (Å²) >= 11 is 0. The molecule has 0 saturated carbocycles. The molecular formula is C22H18O10. The van der Waals surface area contributed by atoms with Crippen molar-refractivity contribution >= 4 is 23.3 Å². The molecule has 10 nitrogen and oxygen atoms in total. The van der Waals surface area contributed by atoms with Crippen LogP contribution in [0, 0.1) is 0 Å². The van der Waals surface area contributed by atoms with Crippen LogP contribution in [-0.2, 0) is 14.3 Å². The third-order valence-electron chi connectivity index (χ3n) is 6.14. The average Bonchev–Trinajstić information content (AvgIpc) is 2.73. The number of phenols is 3. The highest BCUT2D eigenvalue weighted by molar-refractivity contribution is 6.31. The van der Waals surface area contributed by atoms with Gasteiger partial charge >= 0.3 is 5.97 Å². The summed E-state index contributed by atoms with van der Waals surface area (Å²) in [4.78, 5) is 51.1. The lowest BCUT2D eigenvalue weighted by Crippen LogP contribution is -2.51. The summed E-state index contributed by atoms with van der Waals surface area (Å²) in [5, 5.41) is 53.7. The van der Waals surface area contributed by atoms with Crippen molar-refractivity contribution in [1.82, 2.24) is 0 Å². The number of rotatable bonds is 2. The maximum atomic E-state index is 13.1. The second-order valence-electron chi connectivity index (χ2n) is 7.79. The van der Waals surface area contributed by atoms with Crippen LogP contribution in [0.1, 0.15) is 68.3 Å². The van der Waals surface area contributed by atoms with Crippen LogP contribution in [0.2, 0.25) is 0 Å². The van der Waals surface area contributed by atoms with E-state index < -0.39 is 92.4 Å². The Bertz CT molecular complexity index is 1240. The predicted octanol–water partition coefficient (Wildman–Crippen LogP) is 0.593. The molecule has 10 heteroatoms. The summed E-state index contributed by atoms with van der Waals surface area (Å²) in [5.41, 5.74) is -5.61. The van der Waals surface area contributed by atoms with E-state index in [1.807, 2.05) is 0 Å². The van der Waals surface area contributed by atoms with Gasteiger partial charge in [0.1, 0.15) is 28.8 Å². The lowest BCUT2D eigenvalue weighted by molar-refractivity contribution is -0.161. The van der Waals surface area contributed by atoms with Gasteiger partial charge in [-0.3, -0.25) is 19.2 Å². The van der Waals surface area contributed by atoms with Gasteiger partial charge in [-0.05, 0) is 13.0 Å². The fourth-order valence-electron chi connectivity index (χ4n) is 4.59. The number of fused-ring (bicyclic) bond motifs is 3. The number of hydrogen-bond acceptors (Lipinski definition) is 10. The zero-order valence-electron chi connectivity index (χ0n) is 16.9. The highest BCUT2D eigenvalue weighted by atomic mass is 16.5. The fourth-order valence-corrected chi connectivity index (χ4v) is 4.59. The van der Waals surface area contributed by atoms with E-state index in [1.165, 1.54) is 18.2 Å². The molecule has 0 fully saturated rings. The number of ketones is 3. The third-order valence-corrected chi connectivity index (χ3v) is 6.14. The van der Waals surface area contributed by atoms with Crippen molar-refractivity contribution in [2.24, 2.45) is 0 Å². The summed E-state index contributed by atoms with van der Waals surface area (Å²) in [5.74, 6) is -8.32. The number of aromatic hydroxyl groups is 3. The van der Waals surface area contributed by atoms with E-state index in [-0.39, 0.29) is 5.56 Å². The van der Waals surface area contributed by atoms with Crippen molar-refractivity contribution in [2.75, 3.05) is 7.11 Å². The zero-order chi connectivity index (χ0) is 23.7. The molecule has 166 valence electrons. The summed E-state index contributed by atoms with van der Waals surface area (Å²) in [7, 11) is 0.969. The van der Waals surface area contributed by atoms with Crippen molar-refractivity contribution < 1.29 is 49.4 Å². The molecule has 0 radical (unpaired) electrons. The van der Waals surface area contributed by atoms with Crippen molar-refractivity contribution in [2.45, 2.75) is 31.0 Å². The zero-order valence-corrected chi connectivity index (χ0v) is 16.9. The summed E-state index contributed by atoms with van der Waals surface area (Å²) < 4.78 is 4.68. The first kappa shape index (κ1) is 21.5. The van der Waals surface area contributed by atoms with E-state index in [0.717, 1.165) is 14.0 Å². The molecule has 32 heavy (non-hydrogen) atoms. The van der Waals surface area contributed by atoms with Gasteiger partial charge in [0, 0.05) is 23.1 Å². The molecule has 2 aromatic carbocycles. The van der Waals surface area contributed by atoms with Crippen LogP contribution in [0.3, 0.4) is 0 Å². The number of Topliss-reactive ketones (excluding diaryl/α,β-unsaturated/α-hetero) is 1. The van der Waals surface area contributed by atoms with Crippen molar-refractivity contribution in [3.8, 4) is 17.2 Å². The number of phenolic OH excluding ortho intramolecular Hbond substituents is 3. The predicted molar refractivity (Wildman–Crippen MR) is 105 cm³/mol. The Hall–Kier alpha value is -3.76. The van der Waals surface area contributed by atoms with E-state index in [1.54, 1.807) is 0 Å². The van der Waals surface area contributed by atoms with Crippen LogP contribution >= 0.6 is 0 Å². The van der Waals surface area contributed by atoms with Gasteiger partial charge in [-0.1, -0.05) is 12.1 Å². The number of methoxy groups -OCH3 is 1. The largest absolute Gasteiger partial charge is 0.507 e. The molecular weight excluding hydrogens is 424 g/mol. The highest BCUT2D eigenvalue weighted by Crippen LogP contribution is 2.55. The monoisotopic (exact) mass is 442 g/mol. The molecule has 4 rings (SSSR count). The molecule has 2 aromatic rings. The number of aliphatic hydroxyl groups is 2. The van der Waals surface area contributed by atoms with Crippen molar-refractivity contribution in [3.05, 3.63) is 51.6 Å². The van der Waals surface area contributed by atoms with Gasteiger partial charge in [0.2, 0.25) is 5.78 Å². The van der Waals surface area contributed by atoms with Gasteiger partial charge in [-0.15, -0.1) is 0 Å². The van der Waals surface area contributed by atoms with Crippen molar-refractivity contribution in [3.63, 3.8) is 0 Å². The van der Waals surface area contributed by atoms with Crippen LogP contribution in [0.4, 0.5) is 0 Å². The number of esters is 1. The van der Waals surface area contributed by atoms with E-state index in [4.69, 9.17) is 0 Å². The molecule has 0 aliphatic heterocycles. The lowest BCUT2D eigenvalue weighted by atomic mass is 9.66. The quantitative estimate of drug-likeness (QED) is 0.279. The molecule has 0 aromatic heterocycles. The average molecular weight is 442 g/mol. The van der Waals surface area contributed by atoms with Gasteiger partial charge in [0.05, 0.1) is 29.9 Å². The van der Waals surface area contributed by atoms with Crippen LogP contribution < -0.4 is 0 Å². The first-order valence-corrected chi connectivity index (χ1v) is 9.49. The second kappa shape index (κ2) is 6.87. The standard InChI is InChI=1S/C22H18O10/c1-7(23)22(31)6-10(25)12-13(16(22)21(30)32-2)20(29)14-15(19(12)28)18(27)11-8(17(14)26)4-3-5-9(11)24/h3-5,10,16,24-25,28-29,31H,6H2,1-2H3/t10-,16-,22+/m1/s1. The van der Waals surface area contributed by atoms with Gasteiger partial charge < -0.3 is 30.3 Å². The molecule has 5 N–H and O–H groups in total. The van der Waals surface area contributed by atoms with Gasteiger partial charge in [-0.2, -0.15) is 0 Å². The van der Waals surface area contributed by atoms with Crippen LogP contribution in [0.25, 0.3) is 0 Å². The van der Waals surface area contributed by atoms with Crippen LogP contribution in [0.15, 0.2) is 18.2 Å². The maximum absolute atomic E-state index is 13.1. The smallest absolute Gasteiger partial charge is 0.316 e. The normalized spacial score (nSPS) is 23.8. The number of hydrogen-bond donors (Lipinski definition) is 5. The molecule has 0 amide bonds. The summed E-state index contributed by atoms with van der Waals surface area (Å²) in [6.07, 6.45) is -2.53. The van der Waals surface area contributed by atoms with E-state index in [2.05, 4.69) is 4.74 Å². The Balaban J connectivity index is 2.13. The Morgan fingerprint density at radius 2 is 1.59 bits per heavy atom. The van der Waals surface area contributed by atoms with Crippen LogP contribution in [-0.4, -0.2) is 61.6 Å². The molecule has 0 bridgehead atoms. The highest BCUT2D eigenvalue weighted by Gasteiger charge is 2.56. The molecule has 0 saturated heterocycles. The molecule has 0 heterocycles. The van der Waals surface area contributed by atoms with Crippen molar-refractivity contribution in [1.29, 1.82) is 0 Å². The topological polar surface area (TPSA) is 179 Å². The number of carbonyl (C=O) groups is 4. The third kappa shape index (κ3) is 2.53. The Morgan fingerprint density at radius 3 is 2.19 bits per heavy atom. The summed E-state index contributed by atoms with van der Waals surface area (Å²) in [6, 6.07) is 3.70. The Kier molecular flexibility index (Phi) is 4.61. The van der Waals surface area contributed by atoms with E-state index >= 15 is 0 Å². The molecule has 0 spiro atoms. The molecule has 3 atom stereocenters. The lowest BCUT2D eigenvalue weighted by Gasteiger charge is -2.41. The first-order valence-electron chi connectivity index (χ1n) is 9.49. The molecule has 2 aliphatic rings. The number of carbonyl (C=O) groups excluding carboxylic acids is 4. The SMILES string of the molecule is COC(=O)[C@H]1c2c(O)c3c(c(O)c2[C@H](O)C[C@]1(O)C(C)=O)C(=O)c1c(O)cccc1C3=O. The minimum atomic E-state index is -2.52. The Labute approximate surface area is 180 Å². The molecule has 2 aliphatic carbocycles. The fraction of sp³-hybridized carbons (Fsp3) is 0.273. The van der Waals surface area contributed by atoms with E-state index in [9.17, 15) is 44.7 Å². The maximum Gasteiger partial charge on any atom is 0.316 e. The number of ether oxygens (including phenoxy) is 1. The summed E-state index contributed by atoms with van der Waals surface area (Å²) in [6.45, 7) is 0.969. The van der Waals surface area contributed by atoms with Gasteiger partial charge in [0.25, 0.3) is 0 Å². The van der Waals surface area contributed by atoms with Gasteiger partial charge in [-0.25, -0.2) is 0 Å². The van der Waals surface area contributed by atoms with Crippen LogP contribution in [0.5, 0.6) is 17.2 Å². The molecule has 0 unspecified atom stereocenters. The second-order valence-corrected chi connectivity index (χ2v) is 7.79. The van der Waals surface area contributed by atoms with E-state index in [0.29, 0.717) is 0 Å². The van der Waals surface area contributed by atoms with Gasteiger partial charge in [0.15, 0.2) is 11.6 Å².